The molecule has 0 fully saturated rings. The number of rotatable bonds is 3. The zero-order chi connectivity index (χ0) is 10.8. The Labute approximate surface area is 93.4 Å². The fourth-order valence-electron chi connectivity index (χ4n) is 0.963. The van der Waals surface area contributed by atoms with Gasteiger partial charge in [-0.15, -0.1) is 0 Å². The van der Waals surface area contributed by atoms with Crippen LogP contribution in [0.5, 0.6) is 5.75 Å². The molecular weight excluding hydrogens is 244 g/mol. The number of sulfone groups is 1. The molecule has 78 valence electrons. The van der Waals surface area contributed by atoms with Crippen molar-refractivity contribution in [1.29, 1.82) is 0 Å². The van der Waals surface area contributed by atoms with Gasteiger partial charge < -0.3 is 4.74 Å². The number of benzene rings is 1. The van der Waals surface area contributed by atoms with Gasteiger partial charge in [0.2, 0.25) is 0 Å². The Morgan fingerprint density at radius 3 is 2.64 bits per heavy atom. The summed E-state index contributed by atoms with van der Waals surface area (Å²) in [5.74, 6) is 0.281. The number of halogens is 1. The summed E-state index contributed by atoms with van der Waals surface area (Å²) < 4.78 is 28.0. The highest BCUT2D eigenvalue weighted by molar-refractivity contribution is 8.03. The molecule has 14 heavy (non-hydrogen) atoms. The molecule has 0 heterocycles. The minimum absolute atomic E-state index is 0.0718. The van der Waals surface area contributed by atoms with Crippen LogP contribution >= 0.6 is 24.2 Å². The van der Waals surface area contributed by atoms with Crippen molar-refractivity contribution in [3.8, 4) is 5.75 Å². The molecule has 0 bridgehead atoms. The maximum absolute atomic E-state index is 11.5. The number of ether oxygens (including phenoxy) is 1. The Bertz CT molecular complexity index is 428. The van der Waals surface area contributed by atoms with E-state index in [9.17, 15) is 8.42 Å². The van der Waals surface area contributed by atoms with Crippen LogP contribution in [-0.4, -0.2) is 20.6 Å². The van der Waals surface area contributed by atoms with Crippen molar-refractivity contribution in [2.24, 2.45) is 0 Å². The maximum atomic E-state index is 11.5. The highest BCUT2D eigenvalue weighted by Gasteiger charge is 2.17. The molecular formula is C8H9ClO3S2. The molecule has 1 aromatic carbocycles. The van der Waals surface area contributed by atoms with E-state index in [4.69, 9.17) is 16.3 Å². The quantitative estimate of drug-likeness (QED) is 0.837. The maximum Gasteiger partial charge on any atom is 0.191 e. The number of methoxy groups -OCH3 is 1. The van der Waals surface area contributed by atoms with Gasteiger partial charge in [-0.1, -0.05) is 11.6 Å². The Kier molecular flexibility index (Phi) is 3.69. The second-order valence-electron chi connectivity index (χ2n) is 2.54. The second kappa shape index (κ2) is 4.42. The smallest absolute Gasteiger partial charge is 0.191 e. The van der Waals surface area contributed by atoms with Crippen molar-refractivity contribution in [1.82, 2.24) is 0 Å². The third-order valence-corrected chi connectivity index (χ3v) is 4.21. The lowest BCUT2D eigenvalue weighted by Crippen LogP contribution is -2.04. The summed E-state index contributed by atoms with van der Waals surface area (Å²) >= 11 is 9.44. The van der Waals surface area contributed by atoms with E-state index in [1.807, 2.05) is 0 Å². The van der Waals surface area contributed by atoms with E-state index in [2.05, 4.69) is 12.6 Å². The van der Waals surface area contributed by atoms with Crippen LogP contribution in [0, 0.1) is 0 Å². The highest BCUT2D eigenvalue weighted by Crippen LogP contribution is 2.28. The normalized spacial score (nSPS) is 11.4. The van der Waals surface area contributed by atoms with Crippen LogP contribution in [0.4, 0.5) is 0 Å². The zero-order valence-corrected chi connectivity index (χ0v) is 9.86. The van der Waals surface area contributed by atoms with Crippen molar-refractivity contribution in [3.05, 3.63) is 23.2 Å². The second-order valence-corrected chi connectivity index (χ2v) is 5.68. The number of hydrogen-bond acceptors (Lipinski definition) is 4. The molecule has 0 aromatic heterocycles. The summed E-state index contributed by atoms with van der Waals surface area (Å²) in [6, 6.07) is 4.43. The molecule has 0 aliphatic carbocycles. The minimum atomic E-state index is -3.41. The van der Waals surface area contributed by atoms with Gasteiger partial charge in [0.15, 0.2) is 9.84 Å². The van der Waals surface area contributed by atoms with E-state index in [-0.39, 0.29) is 15.7 Å². The Hall–Kier alpha value is -0.390. The predicted molar refractivity (Wildman–Crippen MR) is 59.0 cm³/mol. The van der Waals surface area contributed by atoms with Crippen LogP contribution in [0.1, 0.15) is 0 Å². The standard InChI is InChI=1S/C8H9ClO3S2/c1-12-7-3-2-6(9)4-8(7)14(10,11)5-13/h2-4,13H,5H2,1H3. The van der Waals surface area contributed by atoms with E-state index >= 15 is 0 Å². The van der Waals surface area contributed by atoms with Gasteiger partial charge in [0.1, 0.15) is 10.6 Å². The summed E-state index contributed by atoms with van der Waals surface area (Å²) in [4.78, 5) is 0.0718. The fourth-order valence-corrected chi connectivity index (χ4v) is 2.52. The Morgan fingerprint density at radius 2 is 2.14 bits per heavy atom. The number of thiol groups is 1. The van der Waals surface area contributed by atoms with Crippen molar-refractivity contribution < 1.29 is 13.2 Å². The highest BCUT2D eigenvalue weighted by atomic mass is 35.5. The fraction of sp³-hybridized carbons (Fsp3) is 0.250. The van der Waals surface area contributed by atoms with Gasteiger partial charge in [-0.05, 0) is 18.2 Å². The van der Waals surface area contributed by atoms with Crippen molar-refractivity contribution in [3.63, 3.8) is 0 Å². The minimum Gasteiger partial charge on any atom is -0.495 e. The molecule has 0 aliphatic heterocycles. The molecule has 0 amide bonds. The average molecular weight is 253 g/mol. The molecule has 3 nitrogen and oxygen atoms in total. The SMILES string of the molecule is COc1ccc(Cl)cc1S(=O)(=O)CS. The van der Waals surface area contributed by atoms with E-state index in [0.717, 1.165) is 0 Å². The molecule has 1 aromatic rings. The van der Waals surface area contributed by atoms with Crippen molar-refractivity contribution in [2.75, 3.05) is 12.2 Å². The van der Waals surface area contributed by atoms with Gasteiger partial charge in [-0.25, -0.2) is 8.42 Å². The van der Waals surface area contributed by atoms with Gasteiger partial charge in [-0.2, -0.15) is 12.6 Å². The summed E-state index contributed by atoms with van der Waals surface area (Å²) in [5.41, 5.74) is 0. The molecule has 0 unspecified atom stereocenters. The average Bonchev–Trinajstić information content (AvgIpc) is 2.18. The van der Waals surface area contributed by atoms with Crippen LogP contribution in [0.25, 0.3) is 0 Å². The first-order chi connectivity index (χ1) is 6.51. The molecule has 0 saturated carbocycles. The van der Waals surface area contributed by atoms with Crippen LogP contribution in [-0.2, 0) is 9.84 Å². The predicted octanol–water partition coefficient (Wildman–Crippen LogP) is 2.01. The van der Waals surface area contributed by atoms with E-state index < -0.39 is 9.84 Å². The van der Waals surface area contributed by atoms with Gasteiger partial charge in [0, 0.05) is 5.02 Å². The monoisotopic (exact) mass is 252 g/mol. The molecule has 1 rings (SSSR count). The van der Waals surface area contributed by atoms with Gasteiger partial charge in [-0.3, -0.25) is 0 Å². The molecule has 6 heteroatoms. The van der Waals surface area contributed by atoms with Crippen molar-refractivity contribution >= 4 is 34.1 Å². The topological polar surface area (TPSA) is 43.4 Å². The summed E-state index contributed by atoms with van der Waals surface area (Å²) in [6.07, 6.45) is 0. The van der Waals surface area contributed by atoms with E-state index in [0.29, 0.717) is 5.02 Å². The van der Waals surface area contributed by atoms with Gasteiger partial charge >= 0.3 is 0 Å². The molecule has 0 atom stereocenters. The Balaban J connectivity index is 3.39. The number of hydrogen-bond donors (Lipinski definition) is 1. The first-order valence-corrected chi connectivity index (χ1v) is 6.34. The molecule has 0 spiro atoms. The van der Waals surface area contributed by atoms with Gasteiger partial charge in [0.05, 0.1) is 12.2 Å². The first-order valence-electron chi connectivity index (χ1n) is 3.68. The third kappa shape index (κ3) is 2.34. The van der Waals surface area contributed by atoms with Crippen LogP contribution < -0.4 is 4.74 Å². The largest absolute Gasteiger partial charge is 0.495 e. The summed E-state index contributed by atoms with van der Waals surface area (Å²) in [5, 5.41) is 0.0788. The van der Waals surface area contributed by atoms with E-state index in [1.165, 1.54) is 19.2 Å². The molecule has 0 saturated heterocycles. The lowest BCUT2D eigenvalue weighted by molar-refractivity contribution is 0.403. The van der Waals surface area contributed by atoms with E-state index in [1.54, 1.807) is 6.07 Å². The first kappa shape index (κ1) is 11.7. The summed E-state index contributed by atoms with van der Waals surface area (Å²) in [6.45, 7) is 0. The lowest BCUT2D eigenvalue weighted by Gasteiger charge is -2.07. The van der Waals surface area contributed by atoms with Gasteiger partial charge in [0.25, 0.3) is 0 Å². The Morgan fingerprint density at radius 1 is 1.50 bits per heavy atom. The molecule has 0 N–H and O–H groups in total. The van der Waals surface area contributed by atoms with Crippen LogP contribution in [0.3, 0.4) is 0 Å². The van der Waals surface area contributed by atoms with Crippen LogP contribution in [0.2, 0.25) is 5.02 Å². The van der Waals surface area contributed by atoms with Crippen molar-refractivity contribution in [2.45, 2.75) is 4.90 Å². The third-order valence-electron chi connectivity index (χ3n) is 1.63. The summed E-state index contributed by atoms with van der Waals surface area (Å²) in [7, 11) is -2.01. The molecule has 0 aliphatic rings. The zero-order valence-electron chi connectivity index (χ0n) is 7.40. The van der Waals surface area contributed by atoms with Crippen LogP contribution in [0.15, 0.2) is 23.1 Å². The molecule has 0 radical (unpaired) electrons. The lowest BCUT2D eigenvalue weighted by atomic mass is 10.3.